The van der Waals surface area contributed by atoms with Crippen LogP contribution in [-0.2, 0) is 4.79 Å². The number of amides is 3. The average Bonchev–Trinajstić information content (AvgIpc) is 2.25. The molecule has 0 aromatic rings. The molecule has 94 valence electrons. The highest BCUT2D eigenvalue weighted by atomic mass is 16.2. The zero-order chi connectivity index (χ0) is 12.6. The number of hydrogen-bond donors (Lipinski definition) is 3. The number of nitrogens with two attached hydrogens (primary N) is 1. The molecule has 0 aliphatic rings. The number of carbonyl (C=O) groups is 2. The maximum atomic E-state index is 11.6. The van der Waals surface area contributed by atoms with Gasteiger partial charge in [-0.1, -0.05) is 6.92 Å². The minimum Gasteiger partial charge on any atom is -0.338 e. The molecule has 3 amide bonds. The van der Waals surface area contributed by atoms with Crippen LogP contribution in [0.5, 0.6) is 0 Å². The summed E-state index contributed by atoms with van der Waals surface area (Å²) in [7, 11) is 0. The first-order valence-corrected chi connectivity index (χ1v) is 5.59. The number of nitrogens with zero attached hydrogens (tertiary/aromatic N) is 1. The molecule has 0 saturated carbocycles. The first-order chi connectivity index (χ1) is 7.56. The van der Waals surface area contributed by atoms with E-state index in [-0.39, 0.29) is 11.9 Å². The normalized spacial score (nSPS) is 12.3. The second-order valence-corrected chi connectivity index (χ2v) is 3.44. The summed E-state index contributed by atoms with van der Waals surface area (Å²) in [6.07, 6.45) is 0. The molecule has 16 heavy (non-hydrogen) atoms. The van der Waals surface area contributed by atoms with Crippen LogP contribution < -0.4 is 16.4 Å². The van der Waals surface area contributed by atoms with Crippen LogP contribution in [-0.4, -0.2) is 49.1 Å². The number of carbonyl (C=O) groups excluding carboxylic acids is 2. The molecule has 0 aliphatic carbocycles. The van der Waals surface area contributed by atoms with E-state index in [1.807, 2.05) is 11.8 Å². The molecule has 0 saturated heterocycles. The van der Waals surface area contributed by atoms with Gasteiger partial charge in [0.2, 0.25) is 5.91 Å². The van der Waals surface area contributed by atoms with Crippen molar-refractivity contribution in [3.8, 4) is 0 Å². The van der Waals surface area contributed by atoms with Crippen LogP contribution in [0.1, 0.15) is 20.8 Å². The molecule has 6 nitrogen and oxygen atoms in total. The van der Waals surface area contributed by atoms with Crippen molar-refractivity contribution in [2.24, 2.45) is 5.73 Å². The Hall–Kier alpha value is -1.14. The lowest BCUT2D eigenvalue weighted by atomic mass is 10.2. The van der Waals surface area contributed by atoms with Gasteiger partial charge in [0.25, 0.3) is 0 Å². The molecular weight excluding hydrogens is 208 g/mol. The molecule has 0 aliphatic heterocycles. The van der Waals surface area contributed by atoms with Crippen LogP contribution in [0.3, 0.4) is 0 Å². The Morgan fingerprint density at radius 1 is 1.38 bits per heavy atom. The molecule has 1 unspecified atom stereocenters. The van der Waals surface area contributed by atoms with Crippen LogP contribution >= 0.6 is 0 Å². The number of imide groups is 1. The lowest BCUT2D eigenvalue weighted by Crippen LogP contribution is -2.50. The lowest BCUT2D eigenvalue weighted by Gasteiger charge is -2.25. The number of hydrogen-bond acceptors (Lipinski definition) is 4. The zero-order valence-electron chi connectivity index (χ0n) is 10.2. The van der Waals surface area contributed by atoms with Crippen molar-refractivity contribution in [2.45, 2.75) is 26.8 Å². The number of urea groups is 1. The Balaban J connectivity index is 4.19. The summed E-state index contributed by atoms with van der Waals surface area (Å²) in [6, 6.07) is -0.806. The molecule has 0 spiro atoms. The van der Waals surface area contributed by atoms with E-state index in [2.05, 4.69) is 10.6 Å². The number of likely N-dealkylation sites (N-methyl/N-ethyl adjacent to an activating group) is 1. The van der Waals surface area contributed by atoms with Gasteiger partial charge >= 0.3 is 6.03 Å². The topological polar surface area (TPSA) is 87.5 Å². The van der Waals surface area contributed by atoms with Crippen molar-refractivity contribution in [1.29, 1.82) is 0 Å². The SMILES string of the molecule is CCNC(=O)NC(=O)C(C)N(CC)CCN. The van der Waals surface area contributed by atoms with E-state index in [9.17, 15) is 9.59 Å². The standard InChI is InChI=1S/C10H22N4O2/c1-4-12-10(16)13-9(15)8(3)14(5-2)7-6-11/h8H,4-7,11H2,1-3H3,(H2,12,13,15,16). The van der Waals surface area contributed by atoms with E-state index in [1.54, 1.807) is 13.8 Å². The fraction of sp³-hybridized carbons (Fsp3) is 0.800. The third kappa shape index (κ3) is 5.09. The zero-order valence-corrected chi connectivity index (χ0v) is 10.2. The van der Waals surface area contributed by atoms with E-state index in [0.29, 0.717) is 19.6 Å². The molecule has 0 rings (SSSR count). The molecule has 0 radical (unpaired) electrons. The molecule has 0 bridgehead atoms. The monoisotopic (exact) mass is 230 g/mol. The highest BCUT2D eigenvalue weighted by Gasteiger charge is 2.20. The number of rotatable bonds is 6. The minimum absolute atomic E-state index is 0.304. The second kappa shape index (κ2) is 8.06. The van der Waals surface area contributed by atoms with Crippen LogP contribution in [0.2, 0.25) is 0 Å². The van der Waals surface area contributed by atoms with E-state index in [4.69, 9.17) is 5.73 Å². The molecule has 6 heteroatoms. The maximum absolute atomic E-state index is 11.6. The van der Waals surface area contributed by atoms with Crippen LogP contribution in [0.25, 0.3) is 0 Å². The average molecular weight is 230 g/mol. The van der Waals surface area contributed by atoms with Gasteiger partial charge in [-0.05, 0) is 20.4 Å². The van der Waals surface area contributed by atoms with E-state index in [0.717, 1.165) is 6.54 Å². The van der Waals surface area contributed by atoms with Gasteiger partial charge in [-0.2, -0.15) is 0 Å². The first-order valence-electron chi connectivity index (χ1n) is 5.59. The summed E-state index contributed by atoms with van der Waals surface area (Å²) >= 11 is 0. The lowest BCUT2D eigenvalue weighted by molar-refractivity contribution is -0.124. The fourth-order valence-corrected chi connectivity index (χ4v) is 1.38. The van der Waals surface area contributed by atoms with E-state index >= 15 is 0 Å². The smallest absolute Gasteiger partial charge is 0.321 e. The summed E-state index contributed by atoms with van der Waals surface area (Å²) in [5, 5.41) is 4.79. The Morgan fingerprint density at radius 3 is 2.44 bits per heavy atom. The molecule has 0 aromatic heterocycles. The molecule has 0 aromatic carbocycles. The fourth-order valence-electron chi connectivity index (χ4n) is 1.38. The Bertz CT molecular complexity index is 233. The van der Waals surface area contributed by atoms with Crippen molar-refractivity contribution < 1.29 is 9.59 Å². The van der Waals surface area contributed by atoms with Gasteiger partial charge in [-0.15, -0.1) is 0 Å². The third-order valence-electron chi connectivity index (χ3n) is 2.32. The van der Waals surface area contributed by atoms with Crippen molar-refractivity contribution >= 4 is 11.9 Å². The van der Waals surface area contributed by atoms with Crippen LogP contribution in [0.15, 0.2) is 0 Å². The van der Waals surface area contributed by atoms with Gasteiger partial charge in [0.05, 0.1) is 6.04 Å². The number of nitrogens with one attached hydrogen (secondary N) is 2. The van der Waals surface area contributed by atoms with E-state index < -0.39 is 6.03 Å². The summed E-state index contributed by atoms with van der Waals surface area (Å²) < 4.78 is 0. The van der Waals surface area contributed by atoms with Gasteiger partial charge in [-0.3, -0.25) is 15.0 Å². The van der Waals surface area contributed by atoms with Gasteiger partial charge < -0.3 is 11.1 Å². The summed E-state index contributed by atoms with van der Waals surface area (Å²) in [4.78, 5) is 24.7. The van der Waals surface area contributed by atoms with Crippen molar-refractivity contribution in [3.05, 3.63) is 0 Å². The quantitative estimate of drug-likeness (QED) is 0.574. The molecule has 4 N–H and O–H groups in total. The van der Waals surface area contributed by atoms with Gasteiger partial charge in [0.1, 0.15) is 0 Å². The van der Waals surface area contributed by atoms with Gasteiger partial charge in [0.15, 0.2) is 0 Å². The first kappa shape index (κ1) is 14.9. The molecule has 0 heterocycles. The molecule has 0 fully saturated rings. The van der Waals surface area contributed by atoms with Crippen molar-refractivity contribution in [1.82, 2.24) is 15.5 Å². The van der Waals surface area contributed by atoms with Crippen molar-refractivity contribution in [2.75, 3.05) is 26.2 Å². The Kier molecular flexibility index (Phi) is 7.49. The third-order valence-corrected chi connectivity index (χ3v) is 2.32. The summed E-state index contributed by atoms with van der Waals surface area (Å²) in [5.41, 5.74) is 5.44. The summed E-state index contributed by atoms with van der Waals surface area (Å²) in [6.45, 7) is 7.85. The van der Waals surface area contributed by atoms with Crippen molar-refractivity contribution in [3.63, 3.8) is 0 Å². The Labute approximate surface area is 96.5 Å². The van der Waals surface area contributed by atoms with Gasteiger partial charge in [-0.25, -0.2) is 4.79 Å². The summed E-state index contributed by atoms with van der Waals surface area (Å²) in [5.74, 6) is -0.304. The highest BCUT2D eigenvalue weighted by molar-refractivity contribution is 5.96. The second-order valence-electron chi connectivity index (χ2n) is 3.44. The maximum Gasteiger partial charge on any atom is 0.321 e. The molecule has 1 atom stereocenters. The van der Waals surface area contributed by atoms with Gasteiger partial charge in [0, 0.05) is 19.6 Å². The highest BCUT2D eigenvalue weighted by Crippen LogP contribution is 1.97. The predicted molar refractivity (Wildman–Crippen MR) is 63.0 cm³/mol. The molecular formula is C10H22N4O2. The van der Waals surface area contributed by atoms with Crippen LogP contribution in [0.4, 0.5) is 4.79 Å². The predicted octanol–water partition coefficient (Wildman–Crippen LogP) is -0.499. The van der Waals surface area contributed by atoms with Crippen LogP contribution in [0, 0.1) is 0 Å². The largest absolute Gasteiger partial charge is 0.338 e. The minimum atomic E-state index is -0.455. The Morgan fingerprint density at radius 2 is 2.00 bits per heavy atom. The van der Waals surface area contributed by atoms with E-state index in [1.165, 1.54) is 0 Å².